The third kappa shape index (κ3) is 3.68. The van der Waals surface area contributed by atoms with E-state index in [1.165, 1.54) is 6.07 Å². The zero-order valence-electron chi connectivity index (χ0n) is 11.1. The van der Waals surface area contributed by atoms with Crippen molar-refractivity contribution in [1.82, 2.24) is 0 Å². The Morgan fingerprint density at radius 3 is 2.65 bits per heavy atom. The molecule has 4 nitrogen and oxygen atoms in total. The van der Waals surface area contributed by atoms with Crippen molar-refractivity contribution in [2.24, 2.45) is 4.99 Å². The summed E-state index contributed by atoms with van der Waals surface area (Å²) in [6.07, 6.45) is 1.75. The first-order chi connectivity index (χ1) is 9.69. The van der Waals surface area contributed by atoms with Gasteiger partial charge in [0, 0.05) is 24.3 Å². The van der Waals surface area contributed by atoms with Crippen LogP contribution in [0.5, 0.6) is 11.5 Å². The standard InChI is InChI=1S/C16H15NO3/c1-20-15-7-5-12(6-8-15)16(19)9-10-17-13-3-2-4-14(18)11-13/h2-8,10-11,18H,9H2,1H3. The third-order valence-electron chi connectivity index (χ3n) is 2.76. The molecule has 0 radical (unpaired) electrons. The number of rotatable bonds is 5. The maximum Gasteiger partial charge on any atom is 0.168 e. The molecule has 0 spiro atoms. The molecular weight excluding hydrogens is 254 g/mol. The second kappa shape index (κ2) is 6.52. The van der Waals surface area contributed by atoms with E-state index in [0.29, 0.717) is 11.3 Å². The molecule has 0 atom stereocenters. The van der Waals surface area contributed by atoms with Gasteiger partial charge in [0.1, 0.15) is 11.5 Å². The van der Waals surface area contributed by atoms with Gasteiger partial charge in [0.25, 0.3) is 0 Å². The van der Waals surface area contributed by atoms with Gasteiger partial charge in [0.05, 0.1) is 12.8 Å². The highest BCUT2D eigenvalue weighted by Crippen LogP contribution is 2.18. The molecule has 0 aliphatic rings. The number of phenolic OH excluding ortho intramolecular Hbond substituents is 1. The molecule has 0 aliphatic heterocycles. The Hall–Kier alpha value is -2.62. The van der Waals surface area contributed by atoms with Crippen LogP contribution >= 0.6 is 0 Å². The van der Waals surface area contributed by atoms with Crippen LogP contribution in [0, 0.1) is 0 Å². The van der Waals surface area contributed by atoms with Crippen molar-refractivity contribution >= 4 is 17.7 Å². The Labute approximate surface area is 117 Å². The quantitative estimate of drug-likeness (QED) is 0.668. The van der Waals surface area contributed by atoms with Gasteiger partial charge in [0.15, 0.2) is 5.78 Å². The number of carbonyl (C=O) groups excluding carboxylic acids is 1. The fourth-order valence-corrected chi connectivity index (χ4v) is 1.70. The van der Waals surface area contributed by atoms with Crippen molar-refractivity contribution in [3.63, 3.8) is 0 Å². The van der Waals surface area contributed by atoms with Gasteiger partial charge in [-0.05, 0) is 36.4 Å². The average molecular weight is 269 g/mol. The fourth-order valence-electron chi connectivity index (χ4n) is 1.70. The molecule has 0 saturated carbocycles. The maximum atomic E-state index is 11.9. The van der Waals surface area contributed by atoms with Crippen LogP contribution in [0.15, 0.2) is 53.5 Å². The number of hydrogen-bond acceptors (Lipinski definition) is 4. The lowest BCUT2D eigenvalue weighted by Gasteiger charge is -2.01. The van der Waals surface area contributed by atoms with Crippen molar-refractivity contribution in [3.8, 4) is 11.5 Å². The number of aromatic hydroxyl groups is 1. The summed E-state index contributed by atoms with van der Waals surface area (Å²) in [5, 5.41) is 9.30. The number of ether oxygens (including phenoxy) is 1. The van der Waals surface area contributed by atoms with E-state index in [0.717, 1.165) is 5.75 Å². The summed E-state index contributed by atoms with van der Waals surface area (Å²) in [4.78, 5) is 16.1. The van der Waals surface area contributed by atoms with E-state index in [4.69, 9.17) is 4.74 Å². The van der Waals surface area contributed by atoms with Crippen molar-refractivity contribution in [2.75, 3.05) is 7.11 Å². The number of hydrogen-bond donors (Lipinski definition) is 1. The monoisotopic (exact) mass is 269 g/mol. The minimum Gasteiger partial charge on any atom is -0.508 e. The first-order valence-corrected chi connectivity index (χ1v) is 6.18. The topological polar surface area (TPSA) is 58.9 Å². The van der Waals surface area contributed by atoms with E-state index >= 15 is 0 Å². The Morgan fingerprint density at radius 1 is 1.25 bits per heavy atom. The second-order valence-corrected chi connectivity index (χ2v) is 4.19. The van der Waals surface area contributed by atoms with Gasteiger partial charge < -0.3 is 9.84 Å². The second-order valence-electron chi connectivity index (χ2n) is 4.19. The van der Waals surface area contributed by atoms with Crippen LogP contribution in [0.25, 0.3) is 0 Å². The molecule has 0 amide bonds. The molecule has 0 fully saturated rings. The average Bonchev–Trinajstić information content (AvgIpc) is 2.47. The smallest absolute Gasteiger partial charge is 0.168 e. The number of ketones is 1. The predicted octanol–water partition coefficient (Wildman–Crippen LogP) is 3.38. The molecule has 2 aromatic rings. The number of nitrogens with zero attached hydrogens (tertiary/aromatic N) is 1. The highest BCUT2D eigenvalue weighted by atomic mass is 16.5. The molecule has 0 heterocycles. The van der Waals surface area contributed by atoms with E-state index in [1.54, 1.807) is 55.8 Å². The third-order valence-corrected chi connectivity index (χ3v) is 2.76. The SMILES string of the molecule is COc1ccc(C(=O)CC=Nc2cccc(O)c2)cc1. The number of Topliss-reactive ketones (excluding diaryl/α,β-unsaturated/α-hetero) is 1. The van der Waals surface area contributed by atoms with E-state index in [2.05, 4.69) is 4.99 Å². The molecule has 0 bridgehead atoms. The van der Waals surface area contributed by atoms with Crippen LogP contribution < -0.4 is 4.74 Å². The summed E-state index contributed by atoms with van der Waals surface area (Å²) < 4.78 is 5.04. The van der Waals surface area contributed by atoms with E-state index in [9.17, 15) is 9.90 Å². The molecule has 0 saturated heterocycles. The predicted molar refractivity (Wildman–Crippen MR) is 78.2 cm³/mol. The Bertz CT molecular complexity index is 618. The number of carbonyl (C=O) groups is 1. The molecule has 2 aromatic carbocycles. The Kier molecular flexibility index (Phi) is 4.50. The van der Waals surface area contributed by atoms with E-state index in [1.807, 2.05) is 0 Å². The largest absolute Gasteiger partial charge is 0.508 e. The fraction of sp³-hybridized carbons (Fsp3) is 0.125. The summed E-state index contributed by atoms with van der Waals surface area (Å²) in [6, 6.07) is 13.5. The minimum absolute atomic E-state index is 0.0171. The summed E-state index contributed by atoms with van der Waals surface area (Å²) in [5.74, 6) is 0.854. The molecule has 0 unspecified atom stereocenters. The number of phenols is 1. The van der Waals surface area contributed by atoms with Crippen LogP contribution in [0.3, 0.4) is 0 Å². The first-order valence-electron chi connectivity index (χ1n) is 6.18. The van der Waals surface area contributed by atoms with Crippen LogP contribution in [0.4, 0.5) is 5.69 Å². The number of benzene rings is 2. The Morgan fingerprint density at radius 2 is 2.00 bits per heavy atom. The molecule has 102 valence electrons. The van der Waals surface area contributed by atoms with Crippen LogP contribution in [0.1, 0.15) is 16.8 Å². The van der Waals surface area contributed by atoms with E-state index in [-0.39, 0.29) is 18.0 Å². The zero-order chi connectivity index (χ0) is 14.4. The van der Waals surface area contributed by atoms with Gasteiger partial charge in [0.2, 0.25) is 0 Å². The Balaban J connectivity index is 1.97. The van der Waals surface area contributed by atoms with Crippen LogP contribution in [-0.4, -0.2) is 24.2 Å². The van der Waals surface area contributed by atoms with Gasteiger partial charge >= 0.3 is 0 Å². The lowest BCUT2D eigenvalue weighted by molar-refractivity contribution is 0.100. The molecule has 0 aromatic heterocycles. The van der Waals surface area contributed by atoms with Gasteiger partial charge in [-0.25, -0.2) is 0 Å². The summed E-state index contributed by atoms with van der Waals surface area (Å²) in [6.45, 7) is 0. The van der Waals surface area contributed by atoms with Crippen molar-refractivity contribution in [2.45, 2.75) is 6.42 Å². The van der Waals surface area contributed by atoms with Crippen molar-refractivity contribution < 1.29 is 14.6 Å². The van der Waals surface area contributed by atoms with Crippen LogP contribution in [0.2, 0.25) is 0 Å². The minimum atomic E-state index is -0.0171. The lowest BCUT2D eigenvalue weighted by Crippen LogP contribution is -1.99. The van der Waals surface area contributed by atoms with Gasteiger partial charge in [-0.1, -0.05) is 6.07 Å². The number of methoxy groups -OCH3 is 1. The van der Waals surface area contributed by atoms with Gasteiger partial charge in [-0.3, -0.25) is 9.79 Å². The molecule has 1 N–H and O–H groups in total. The van der Waals surface area contributed by atoms with Crippen LogP contribution in [-0.2, 0) is 0 Å². The van der Waals surface area contributed by atoms with Crippen molar-refractivity contribution in [3.05, 3.63) is 54.1 Å². The molecular formula is C16H15NO3. The molecule has 4 heteroatoms. The van der Waals surface area contributed by atoms with E-state index < -0.39 is 0 Å². The summed E-state index contributed by atoms with van der Waals surface area (Å²) >= 11 is 0. The normalized spacial score (nSPS) is 10.7. The summed E-state index contributed by atoms with van der Waals surface area (Å²) in [5.41, 5.74) is 1.24. The van der Waals surface area contributed by atoms with Crippen molar-refractivity contribution in [1.29, 1.82) is 0 Å². The lowest BCUT2D eigenvalue weighted by atomic mass is 10.1. The van der Waals surface area contributed by atoms with Gasteiger partial charge in [-0.15, -0.1) is 0 Å². The number of aliphatic imine (C=N–C) groups is 1. The first kappa shape index (κ1) is 13.8. The molecule has 20 heavy (non-hydrogen) atoms. The molecule has 2 rings (SSSR count). The van der Waals surface area contributed by atoms with Gasteiger partial charge in [-0.2, -0.15) is 0 Å². The molecule has 0 aliphatic carbocycles. The highest BCUT2D eigenvalue weighted by Gasteiger charge is 2.04. The maximum absolute atomic E-state index is 11.9. The zero-order valence-corrected chi connectivity index (χ0v) is 11.1. The summed E-state index contributed by atoms with van der Waals surface area (Å²) in [7, 11) is 1.58. The highest BCUT2D eigenvalue weighted by molar-refractivity contribution is 6.03.